The van der Waals surface area contributed by atoms with E-state index in [9.17, 15) is 14.4 Å². The Kier molecular flexibility index (Phi) is 6.93. The number of anilines is 1. The average molecular weight is 452 g/mol. The molecule has 0 unspecified atom stereocenters. The Balaban J connectivity index is 1.45. The van der Waals surface area contributed by atoms with Crippen LogP contribution in [0.5, 0.6) is 5.75 Å². The summed E-state index contributed by atoms with van der Waals surface area (Å²) in [4.78, 5) is 40.7. The summed E-state index contributed by atoms with van der Waals surface area (Å²) >= 11 is 0. The van der Waals surface area contributed by atoms with Gasteiger partial charge in [-0.25, -0.2) is 0 Å². The largest absolute Gasteiger partial charge is 0.484 e. The Hall–Kier alpha value is -3.39. The van der Waals surface area contributed by atoms with E-state index in [1.807, 2.05) is 31.2 Å². The molecule has 8 nitrogen and oxygen atoms in total. The zero-order valence-corrected chi connectivity index (χ0v) is 18.7. The number of benzene rings is 2. The molecule has 0 saturated carbocycles. The highest BCUT2D eigenvalue weighted by molar-refractivity contribution is 6.07. The van der Waals surface area contributed by atoms with Gasteiger partial charge in [-0.2, -0.15) is 0 Å². The quantitative estimate of drug-likeness (QED) is 0.726. The summed E-state index contributed by atoms with van der Waals surface area (Å²) in [7, 11) is 0. The Morgan fingerprint density at radius 2 is 1.76 bits per heavy atom. The number of fused-ring (bicyclic) bond motifs is 1. The van der Waals surface area contributed by atoms with Gasteiger partial charge in [0.05, 0.1) is 13.2 Å². The lowest BCUT2D eigenvalue weighted by molar-refractivity contribution is -0.137. The number of ether oxygens (including phenoxy) is 2. The van der Waals surface area contributed by atoms with E-state index in [2.05, 4.69) is 0 Å². The molecule has 0 aliphatic carbocycles. The maximum atomic E-state index is 13.4. The number of carbonyl (C=O) groups excluding carboxylic acids is 3. The van der Waals surface area contributed by atoms with E-state index >= 15 is 0 Å². The summed E-state index contributed by atoms with van der Waals surface area (Å²) in [5, 5.41) is 0. The van der Waals surface area contributed by atoms with Crippen molar-refractivity contribution in [2.24, 2.45) is 5.73 Å². The van der Waals surface area contributed by atoms with E-state index in [1.54, 1.807) is 34.1 Å². The van der Waals surface area contributed by atoms with Gasteiger partial charge in [-0.05, 0) is 55.2 Å². The molecule has 2 heterocycles. The van der Waals surface area contributed by atoms with Crippen molar-refractivity contribution in [3.05, 3.63) is 59.7 Å². The lowest BCUT2D eigenvalue weighted by Crippen LogP contribution is -2.43. The van der Waals surface area contributed by atoms with Crippen molar-refractivity contribution >= 4 is 23.4 Å². The van der Waals surface area contributed by atoms with E-state index in [1.165, 1.54) is 0 Å². The van der Waals surface area contributed by atoms with Gasteiger partial charge in [0, 0.05) is 36.8 Å². The van der Waals surface area contributed by atoms with Crippen molar-refractivity contribution in [3.63, 3.8) is 0 Å². The van der Waals surface area contributed by atoms with Gasteiger partial charge in [0.25, 0.3) is 11.8 Å². The molecule has 33 heavy (non-hydrogen) atoms. The molecule has 2 aromatic carbocycles. The molecular formula is C25H29N3O5. The number of para-hydroxylation sites is 1. The fraction of sp³-hybridized carbons (Fsp3) is 0.400. The Morgan fingerprint density at radius 1 is 1.06 bits per heavy atom. The highest BCUT2D eigenvalue weighted by Gasteiger charge is 2.34. The summed E-state index contributed by atoms with van der Waals surface area (Å²) in [6, 6.07) is 14.4. The number of hydrogen-bond acceptors (Lipinski definition) is 5. The topological polar surface area (TPSA) is 102 Å². The molecule has 0 radical (unpaired) electrons. The molecule has 174 valence electrons. The number of morpholine rings is 1. The number of nitrogens with zero attached hydrogens (tertiary/aromatic N) is 2. The zero-order chi connectivity index (χ0) is 23.4. The Bertz CT molecular complexity index is 1020. The number of carbonyl (C=O) groups is 3. The van der Waals surface area contributed by atoms with Crippen LogP contribution in [0, 0.1) is 0 Å². The minimum absolute atomic E-state index is 0.00229. The van der Waals surface area contributed by atoms with Crippen LogP contribution in [0.3, 0.4) is 0 Å². The van der Waals surface area contributed by atoms with Gasteiger partial charge in [0.2, 0.25) is 5.91 Å². The lowest BCUT2D eigenvalue weighted by Gasteiger charge is -2.39. The molecule has 0 bridgehead atoms. The van der Waals surface area contributed by atoms with Crippen LogP contribution in [0.25, 0.3) is 0 Å². The van der Waals surface area contributed by atoms with Crippen LogP contribution in [-0.2, 0) is 14.3 Å². The fourth-order valence-electron chi connectivity index (χ4n) is 4.56. The lowest BCUT2D eigenvalue weighted by atomic mass is 9.83. The highest BCUT2D eigenvalue weighted by Crippen LogP contribution is 2.40. The molecule has 2 N–H and O–H groups in total. The summed E-state index contributed by atoms with van der Waals surface area (Å²) in [6.45, 7) is 4.17. The first-order chi connectivity index (χ1) is 15.9. The number of primary amides is 1. The van der Waals surface area contributed by atoms with E-state index in [4.69, 9.17) is 15.2 Å². The van der Waals surface area contributed by atoms with E-state index in [-0.39, 0.29) is 42.7 Å². The molecule has 2 aliphatic heterocycles. The van der Waals surface area contributed by atoms with Gasteiger partial charge in [-0.1, -0.05) is 18.2 Å². The van der Waals surface area contributed by atoms with Gasteiger partial charge in [0.1, 0.15) is 5.75 Å². The van der Waals surface area contributed by atoms with Gasteiger partial charge < -0.3 is 25.0 Å². The van der Waals surface area contributed by atoms with Crippen LogP contribution in [0.2, 0.25) is 0 Å². The fourth-order valence-corrected chi connectivity index (χ4v) is 4.56. The number of hydrogen-bond donors (Lipinski definition) is 1. The second-order valence-electron chi connectivity index (χ2n) is 8.49. The predicted octanol–water partition coefficient (Wildman–Crippen LogP) is 2.32. The van der Waals surface area contributed by atoms with Crippen molar-refractivity contribution in [1.29, 1.82) is 0 Å². The summed E-state index contributed by atoms with van der Waals surface area (Å²) in [5.41, 5.74) is 7.75. The smallest absolute Gasteiger partial charge is 0.260 e. The predicted molar refractivity (Wildman–Crippen MR) is 123 cm³/mol. The zero-order valence-electron chi connectivity index (χ0n) is 18.7. The van der Waals surface area contributed by atoms with Crippen LogP contribution in [0.4, 0.5) is 5.69 Å². The highest BCUT2D eigenvalue weighted by atomic mass is 16.5. The number of rotatable bonds is 6. The molecule has 2 aromatic rings. The van der Waals surface area contributed by atoms with Crippen LogP contribution >= 0.6 is 0 Å². The molecule has 2 atom stereocenters. The van der Waals surface area contributed by atoms with Gasteiger partial charge in [0.15, 0.2) is 6.61 Å². The average Bonchev–Trinajstić information content (AvgIpc) is 2.83. The first-order valence-corrected chi connectivity index (χ1v) is 11.2. The molecule has 1 saturated heterocycles. The normalized spacial score (nSPS) is 20.2. The number of amides is 3. The molecule has 4 rings (SSSR count). The van der Waals surface area contributed by atoms with Crippen LogP contribution < -0.4 is 15.4 Å². The van der Waals surface area contributed by atoms with Crippen LogP contribution in [-0.4, -0.2) is 61.6 Å². The third kappa shape index (κ3) is 5.17. The first-order valence-electron chi connectivity index (χ1n) is 11.2. The van der Waals surface area contributed by atoms with E-state index < -0.39 is 0 Å². The third-order valence-corrected chi connectivity index (χ3v) is 6.20. The molecule has 3 amide bonds. The monoisotopic (exact) mass is 451 g/mol. The van der Waals surface area contributed by atoms with Gasteiger partial charge in [-0.3, -0.25) is 14.4 Å². The minimum Gasteiger partial charge on any atom is -0.484 e. The van der Waals surface area contributed by atoms with Crippen molar-refractivity contribution < 1.29 is 23.9 Å². The first kappa shape index (κ1) is 22.8. The van der Waals surface area contributed by atoms with Gasteiger partial charge in [-0.15, -0.1) is 0 Å². The molecular weight excluding hydrogens is 422 g/mol. The molecule has 8 heteroatoms. The third-order valence-electron chi connectivity index (χ3n) is 6.20. The second-order valence-corrected chi connectivity index (χ2v) is 8.49. The molecule has 1 fully saturated rings. The summed E-state index contributed by atoms with van der Waals surface area (Å²) in [5.74, 6) is -0.0186. The maximum Gasteiger partial charge on any atom is 0.260 e. The molecule has 2 aliphatic rings. The standard InChI is InChI=1S/C25H29N3O5/c1-17-14-19(15-23(26)29)21-4-2-3-5-22(21)28(17)25(31)18-6-8-20(9-7-18)33-16-24(30)27-10-12-32-13-11-27/h2-9,17,19H,10-16H2,1H3,(H2,26,29)/t17-,19+/m0/s1. The summed E-state index contributed by atoms with van der Waals surface area (Å²) in [6.07, 6.45) is 0.926. The number of nitrogens with two attached hydrogens (primary N) is 1. The van der Waals surface area contributed by atoms with Crippen molar-refractivity contribution in [2.75, 3.05) is 37.8 Å². The Morgan fingerprint density at radius 3 is 2.45 bits per heavy atom. The molecule has 0 spiro atoms. The van der Waals surface area contributed by atoms with E-state index in [0.29, 0.717) is 44.0 Å². The van der Waals surface area contributed by atoms with Crippen molar-refractivity contribution in [1.82, 2.24) is 4.90 Å². The SMILES string of the molecule is C[C@H]1C[C@H](CC(N)=O)c2ccccc2N1C(=O)c1ccc(OCC(=O)N2CCOCC2)cc1. The minimum atomic E-state index is -0.343. The van der Waals surface area contributed by atoms with Crippen LogP contribution in [0.15, 0.2) is 48.5 Å². The maximum absolute atomic E-state index is 13.4. The van der Waals surface area contributed by atoms with E-state index in [0.717, 1.165) is 11.3 Å². The van der Waals surface area contributed by atoms with Gasteiger partial charge >= 0.3 is 0 Å². The Labute approximate surface area is 193 Å². The molecule has 0 aromatic heterocycles. The van der Waals surface area contributed by atoms with Crippen molar-refractivity contribution in [3.8, 4) is 5.75 Å². The second kappa shape index (κ2) is 10.0. The van der Waals surface area contributed by atoms with Crippen molar-refractivity contribution in [2.45, 2.75) is 31.7 Å². The van der Waals surface area contributed by atoms with Crippen LogP contribution in [0.1, 0.15) is 41.6 Å². The summed E-state index contributed by atoms with van der Waals surface area (Å²) < 4.78 is 10.9.